The van der Waals surface area contributed by atoms with Gasteiger partial charge in [-0.05, 0) is 20.0 Å². The summed E-state index contributed by atoms with van der Waals surface area (Å²) in [5, 5.41) is 0. The van der Waals surface area contributed by atoms with Gasteiger partial charge in [0.05, 0.1) is 13.4 Å². The van der Waals surface area contributed by atoms with Gasteiger partial charge in [0.1, 0.15) is 11.8 Å². The molecule has 90 valence electrons. The van der Waals surface area contributed by atoms with E-state index < -0.39 is 6.04 Å². The maximum atomic E-state index is 11.4. The Morgan fingerprint density at radius 2 is 2.38 bits per heavy atom. The van der Waals surface area contributed by atoms with Crippen LogP contribution in [-0.2, 0) is 16.1 Å². The van der Waals surface area contributed by atoms with E-state index in [1.165, 1.54) is 7.11 Å². The summed E-state index contributed by atoms with van der Waals surface area (Å²) in [7, 11) is 3.20. The summed E-state index contributed by atoms with van der Waals surface area (Å²) >= 11 is 0. The van der Waals surface area contributed by atoms with Crippen LogP contribution in [-0.4, -0.2) is 37.6 Å². The number of carbonyl (C=O) groups excluding carboxylic acids is 1. The molecule has 1 rings (SSSR count). The molecule has 1 aromatic rings. The van der Waals surface area contributed by atoms with Crippen molar-refractivity contribution < 1.29 is 13.9 Å². The predicted molar refractivity (Wildman–Crippen MR) is 59.8 cm³/mol. The highest BCUT2D eigenvalue weighted by Crippen LogP contribution is 2.12. The summed E-state index contributed by atoms with van der Waals surface area (Å²) < 4.78 is 9.88. The highest BCUT2D eigenvalue weighted by atomic mass is 16.5. The summed E-state index contributed by atoms with van der Waals surface area (Å²) in [6.07, 6.45) is 1.63. The molecule has 2 N–H and O–H groups in total. The second-order valence-electron chi connectivity index (χ2n) is 3.69. The molecule has 0 aliphatic heterocycles. The quantitative estimate of drug-likeness (QED) is 0.741. The molecule has 1 atom stereocenters. The van der Waals surface area contributed by atoms with Crippen molar-refractivity contribution in [2.75, 3.05) is 20.7 Å². The van der Waals surface area contributed by atoms with Crippen LogP contribution in [0, 0.1) is 6.92 Å². The number of nitrogens with two attached hydrogens (primary N) is 1. The Morgan fingerprint density at radius 1 is 1.69 bits per heavy atom. The molecule has 1 heterocycles. The Balaban J connectivity index is 2.66. The van der Waals surface area contributed by atoms with Gasteiger partial charge in [-0.1, -0.05) is 0 Å². The van der Waals surface area contributed by atoms with Crippen LogP contribution in [0.3, 0.4) is 0 Å². The fourth-order valence-corrected chi connectivity index (χ4v) is 1.55. The van der Waals surface area contributed by atoms with Crippen molar-refractivity contribution >= 4 is 5.97 Å². The number of rotatable bonds is 5. The van der Waals surface area contributed by atoms with E-state index in [1.807, 2.05) is 24.9 Å². The zero-order valence-electron chi connectivity index (χ0n) is 9.90. The van der Waals surface area contributed by atoms with E-state index in [9.17, 15) is 4.79 Å². The minimum atomic E-state index is -0.417. The summed E-state index contributed by atoms with van der Waals surface area (Å²) in [6.45, 7) is 2.73. The number of ether oxygens (including phenoxy) is 1. The molecule has 0 fully saturated rings. The Labute approximate surface area is 95.2 Å². The van der Waals surface area contributed by atoms with E-state index in [2.05, 4.69) is 4.74 Å². The van der Waals surface area contributed by atoms with Gasteiger partial charge in [0.2, 0.25) is 0 Å². The van der Waals surface area contributed by atoms with Crippen LogP contribution in [0.2, 0.25) is 0 Å². The van der Waals surface area contributed by atoms with E-state index in [1.54, 1.807) is 6.26 Å². The number of methoxy groups -OCH3 is 1. The Morgan fingerprint density at radius 3 is 2.81 bits per heavy atom. The SMILES string of the molecule is COC(=O)C(CN)N(C)Cc1ccoc1C. The van der Waals surface area contributed by atoms with Gasteiger partial charge >= 0.3 is 5.97 Å². The van der Waals surface area contributed by atoms with E-state index in [-0.39, 0.29) is 12.5 Å². The van der Waals surface area contributed by atoms with Gasteiger partial charge in [-0.3, -0.25) is 9.69 Å². The lowest BCUT2D eigenvalue weighted by Crippen LogP contribution is -2.44. The number of likely N-dealkylation sites (N-methyl/N-ethyl adjacent to an activating group) is 1. The third-order valence-electron chi connectivity index (χ3n) is 2.61. The van der Waals surface area contributed by atoms with Crippen molar-refractivity contribution in [3.05, 3.63) is 23.7 Å². The van der Waals surface area contributed by atoms with Crippen LogP contribution in [0.4, 0.5) is 0 Å². The molecule has 1 unspecified atom stereocenters. The average molecular weight is 226 g/mol. The maximum absolute atomic E-state index is 11.4. The van der Waals surface area contributed by atoms with Gasteiger partial charge in [0.25, 0.3) is 0 Å². The number of aryl methyl sites for hydroxylation is 1. The number of carbonyl (C=O) groups is 1. The zero-order chi connectivity index (χ0) is 12.1. The molecule has 0 saturated heterocycles. The number of esters is 1. The van der Waals surface area contributed by atoms with Crippen LogP contribution in [0.15, 0.2) is 16.7 Å². The van der Waals surface area contributed by atoms with Crippen molar-refractivity contribution in [2.24, 2.45) is 5.73 Å². The monoisotopic (exact) mass is 226 g/mol. The van der Waals surface area contributed by atoms with Gasteiger partial charge in [0.15, 0.2) is 0 Å². The van der Waals surface area contributed by atoms with Gasteiger partial charge in [-0.15, -0.1) is 0 Å². The van der Waals surface area contributed by atoms with E-state index >= 15 is 0 Å². The minimum Gasteiger partial charge on any atom is -0.469 e. The molecule has 0 aliphatic carbocycles. The third kappa shape index (κ3) is 2.84. The molecule has 5 nitrogen and oxygen atoms in total. The molecule has 0 aromatic carbocycles. The van der Waals surface area contributed by atoms with Crippen LogP contribution in [0.5, 0.6) is 0 Å². The Kier molecular flexibility index (Phi) is 4.52. The largest absolute Gasteiger partial charge is 0.469 e. The first-order valence-electron chi connectivity index (χ1n) is 5.11. The fraction of sp³-hybridized carbons (Fsp3) is 0.545. The minimum absolute atomic E-state index is 0.236. The van der Waals surface area contributed by atoms with Gasteiger partial charge in [-0.2, -0.15) is 0 Å². The molecular weight excluding hydrogens is 208 g/mol. The van der Waals surface area contributed by atoms with Crippen molar-refractivity contribution in [1.29, 1.82) is 0 Å². The molecule has 0 aliphatic rings. The van der Waals surface area contributed by atoms with E-state index in [4.69, 9.17) is 10.2 Å². The lowest BCUT2D eigenvalue weighted by atomic mass is 10.2. The maximum Gasteiger partial charge on any atom is 0.324 e. The first-order chi connectivity index (χ1) is 7.60. The lowest BCUT2D eigenvalue weighted by molar-refractivity contribution is -0.146. The fourth-order valence-electron chi connectivity index (χ4n) is 1.55. The zero-order valence-corrected chi connectivity index (χ0v) is 9.90. The van der Waals surface area contributed by atoms with Gasteiger partial charge in [0, 0.05) is 18.7 Å². The normalized spacial score (nSPS) is 12.8. The highest BCUT2D eigenvalue weighted by Gasteiger charge is 2.23. The molecule has 16 heavy (non-hydrogen) atoms. The topological polar surface area (TPSA) is 68.7 Å². The predicted octanol–water partition coefficient (Wildman–Crippen LogP) is 0.520. The summed E-state index contributed by atoms with van der Waals surface area (Å²) in [5.41, 5.74) is 6.60. The number of nitrogens with zero attached hydrogens (tertiary/aromatic N) is 1. The molecule has 0 spiro atoms. The van der Waals surface area contributed by atoms with Crippen molar-refractivity contribution in [3.63, 3.8) is 0 Å². The number of furan rings is 1. The number of hydrogen-bond acceptors (Lipinski definition) is 5. The molecule has 0 amide bonds. The Hall–Kier alpha value is -1.33. The molecule has 5 heteroatoms. The van der Waals surface area contributed by atoms with Crippen LogP contribution < -0.4 is 5.73 Å². The van der Waals surface area contributed by atoms with Crippen molar-refractivity contribution in [3.8, 4) is 0 Å². The van der Waals surface area contributed by atoms with Gasteiger partial charge in [-0.25, -0.2) is 0 Å². The molecule has 1 aromatic heterocycles. The summed E-state index contributed by atoms with van der Waals surface area (Å²) in [6, 6.07) is 1.47. The Bertz CT molecular complexity index is 349. The van der Waals surface area contributed by atoms with Crippen molar-refractivity contribution in [1.82, 2.24) is 4.90 Å². The summed E-state index contributed by atoms with van der Waals surface area (Å²) in [4.78, 5) is 13.3. The van der Waals surface area contributed by atoms with Gasteiger partial charge < -0.3 is 14.9 Å². The molecular formula is C11H18N2O3. The van der Waals surface area contributed by atoms with E-state index in [0.29, 0.717) is 6.54 Å². The molecule has 0 radical (unpaired) electrons. The first kappa shape index (κ1) is 12.7. The van der Waals surface area contributed by atoms with Crippen LogP contribution in [0.25, 0.3) is 0 Å². The third-order valence-corrected chi connectivity index (χ3v) is 2.61. The average Bonchev–Trinajstić information content (AvgIpc) is 2.65. The highest BCUT2D eigenvalue weighted by molar-refractivity contribution is 5.75. The van der Waals surface area contributed by atoms with Crippen LogP contribution in [0.1, 0.15) is 11.3 Å². The second-order valence-corrected chi connectivity index (χ2v) is 3.69. The second kappa shape index (κ2) is 5.67. The summed E-state index contributed by atoms with van der Waals surface area (Å²) in [5.74, 6) is 0.540. The number of hydrogen-bond donors (Lipinski definition) is 1. The van der Waals surface area contributed by atoms with E-state index in [0.717, 1.165) is 11.3 Å². The first-order valence-corrected chi connectivity index (χ1v) is 5.11. The smallest absolute Gasteiger partial charge is 0.324 e. The molecule has 0 saturated carbocycles. The molecule has 0 bridgehead atoms. The van der Waals surface area contributed by atoms with Crippen LogP contribution >= 0.6 is 0 Å². The van der Waals surface area contributed by atoms with Crippen molar-refractivity contribution in [2.45, 2.75) is 19.5 Å². The standard InChI is InChI=1S/C11H18N2O3/c1-8-9(4-5-16-8)7-13(2)10(6-12)11(14)15-3/h4-5,10H,6-7,12H2,1-3H3. The lowest BCUT2D eigenvalue weighted by Gasteiger charge is -2.24.